The second-order valence-corrected chi connectivity index (χ2v) is 6.51. The van der Waals surface area contributed by atoms with Crippen molar-refractivity contribution in [1.29, 1.82) is 0 Å². The molecule has 2 bridgehead atoms. The van der Waals surface area contributed by atoms with Crippen LogP contribution in [0.25, 0.3) is 0 Å². The summed E-state index contributed by atoms with van der Waals surface area (Å²) < 4.78 is 0. The lowest BCUT2D eigenvalue weighted by molar-refractivity contribution is -0.00801. The first-order valence-corrected chi connectivity index (χ1v) is 6.42. The van der Waals surface area contributed by atoms with Gasteiger partial charge in [-0.25, -0.2) is 0 Å². The zero-order chi connectivity index (χ0) is 11.2. The van der Waals surface area contributed by atoms with E-state index in [4.69, 9.17) is 0 Å². The number of piperazine rings is 1. The minimum absolute atomic E-state index is 0.356. The topological polar surface area (TPSA) is 6.48 Å². The molecule has 2 fully saturated rings. The fourth-order valence-corrected chi connectivity index (χ4v) is 3.45. The molecular formula is C13H26N2. The second kappa shape index (κ2) is 3.74. The molecule has 0 N–H and O–H groups in total. The Morgan fingerprint density at radius 3 is 1.80 bits per heavy atom. The first-order valence-electron chi connectivity index (χ1n) is 6.42. The molecule has 2 nitrogen and oxygen atoms in total. The van der Waals surface area contributed by atoms with Gasteiger partial charge in [0.2, 0.25) is 0 Å². The molecule has 2 heterocycles. The Morgan fingerprint density at radius 1 is 1.00 bits per heavy atom. The fourth-order valence-electron chi connectivity index (χ4n) is 3.45. The van der Waals surface area contributed by atoms with Crippen molar-refractivity contribution in [3.05, 3.63) is 0 Å². The van der Waals surface area contributed by atoms with E-state index in [0.29, 0.717) is 5.54 Å². The van der Waals surface area contributed by atoms with Gasteiger partial charge >= 0.3 is 0 Å². The molecule has 2 atom stereocenters. The Kier molecular flexibility index (Phi) is 2.85. The van der Waals surface area contributed by atoms with E-state index in [1.807, 2.05) is 0 Å². The van der Waals surface area contributed by atoms with Gasteiger partial charge in [0.15, 0.2) is 0 Å². The Labute approximate surface area is 94.6 Å². The van der Waals surface area contributed by atoms with E-state index in [1.54, 1.807) is 0 Å². The average Bonchev–Trinajstić information content (AvgIpc) is 2.37. The predicted octanol–water partition coefficient (Wildman–Crippen LogP) is 2.34. The van der Waals surface area contributed by atoms with Crippen LogP contribution >= 0.6 is 0 Å². The summed E-state index contributed by atoms with van der Waals surface area (Å²) >= 11 is 0. The van der Waals surface area contributed by atoms with Gasteiger partial charge in [0.1, 0.15) is 0 Å². The SMILES string of the molecule is CC(C)N1C[C@H]2CC[C@@H](C1)N2C(C)(C)C. The number of rotatable bonds is 1. The number of nitrogens with zero attached hydrogens (tertiary/aromatic N) is 2. The molecule has 0 amide bonds. The van der Waals surface area contributed by atoms with Gasteiger partial charge < -0.3 is 0 Å². The molecule has 2 aliphatic heterocycles. The van der Waals surface area contributed by atoms with E-state index < -0.39 is 0 Å². The monoisotopic (exact) mass is 210 g/mol. The van der Waals surface area contributed by atoms with Crippen LogP contribution in [0.1, 0.15) is 47.5 Å². The smallest absolute Gasteiger partial charge is 0.0232 e. The predicted molar refractivity (Wildman–Crippen MR) is 65.1 cm³/mol. The molecule has 0 spiro atoms. The van der Waals surface area contributed by atoms with E-state index >= 15 is 0 Å². The Hall–Kier alpha value is -0.0800. The summed E-state index contributed by atoms with van der Waals surface area (Å²) in [7, 11) is 0. The van der Waals surface area contributed by atoms with Crippen LogP contribution in [0.15, 0.2) is 0 Å². The highest BCUT2D eigenvalue weighted by atomic mass is 15.4. The third-order valence-corrected chi connectivity index (χ3v) is 4.02. The molecule has 2 rings (SSSR count). The molecule has 2 heteroatoms. The summed E-state index contributed by atoms with van der Waals surface area (Å²) in [5, 5.41) is 0. The van der Waals surface area contributed by atoms with Gasteiger partial charge in [-0.2, -0.15) is 0 Å². The second-order valence-electron chi connectivity index (χ2n) is 6.51. The van der Waals surface area contributed by atoms with Crippen molar-refractivity contribution in [2.45, 2.75) is 71.1 Å². The first-order chi connectivity index (χ1) is 6.89. The molecule has 0 unspecified atom stereocenters. The third kappa shape index (κ3) is 2.07. The lowest BCUT2D eigenvalue weighted by atomic mass is 10.00. The summed E-state index contributed by atoms with van der Waals surface area (Å²) in [6.45, 7) is 14.3. The molecule has 0 aromatic rings. The van der Waals surface area contributed by atoms with Crippen LogP contribution in [0.3, 0.4) is 0 Å². The Bertz CT molecular complexity index is 215. The highest BCUT2D eigenvalue weighted by Gasteiger charge is 2.44. The van der Waals surface area contributed by atoms with Crippen LogP contribution in [0.5, 0.6) is 0 Å². The molecular weight excluding hydrogens is 184 g/mol. The molecule has 0 saturated carbocycles. The number of likely N-dealkylation sites (tertiary alicyclic amines) is 1. The van der Waals surface area contributed by atoms with E-state index in [1.165, 1.54) is 25.9 Å². The Balaban J connectivity index is 2.10. The maximum atomic E-state index is 2.77. The molecule has 2 saturated heterocycles. The molecule has 0 aromatic heterocycles. The number of hydrogen-bond acceptors (Lipinski definition) is 2. The quantitative estimate of drug-likeness (QED) is 0.655. The van der Waals surface area contributed by atoms with Gasteiger partial charge in [-0.15, -0.1) is 0 Å². The van der Waals surface area contributed by atoms with E-state index in [2.05, 4.69) is 44.4 Å². The zero-order valence-electron chi connectivity index (χ0n) is 11.0. The van der Waals surface area contributed by atoms with Gasteiger partial charge in [-0.1, -0.05) is 0 Å². The molecule has 0 aromatic carbocycles. The van der Waals surface area contributed by atoms with E-state index in [0.717, 1.165) is 18.1 Å². The van der Waals surface area contributed by atoms with E-state index in [-0.39, 0.29) is 0 Å². The van der Waals surface area contributed by atoms with Gasteiger partial charge in [-0.3, -0.25) is 9.80 Å². The number of fused-ring (bicyclic) bond motifs is 2. The average molecular weight is 210 g/mol. The number of hydrogen-bond donors (Lipinski definition) is 0. The van der Waals surface area contributed by atoms with Gasteiger partial charge in [-0.05, 0) is 47.5 Å². The third-order valence-electron chi connectivity index (χ3n) is 4.02. The molecule has 15 heavy (non-hydrogen) atoms. The van der Waals surface area contributed by atoms with Gasteiger partial charge in [0.05, 0.1) is 0 Å². The van der Waals surface area contributed by atoms with Crippen LogP contribution < -0.4 is 0 Å². The lowest BCUT2D eigenvalue weighted by Gasteiger charge is -2.49. The summed E-state index contributed by atoms with van der Waals surface area (Å²) in [5.41, 5.74) is 0.356. The maximum Gasteiger partial charge on any atom is 0.0232 e. The summed E-state index contributed by atoms with van der Waals surface area (Å²) in [6, 6.07) is 2.34. The standard InChI is InChI=1S/C13H26N2/c1-10(2)14-8-11-6-7-12(9-14)15(11)13(3,4)5/h10-12H,6-9H2,1-5H3/t11-,12+. The maximum absolute atomic E-state index is 2.77. The Morgan fingerprint density at radius 2 is 1.47 bits per heavy atom. The van der Waals surface area contributed by atoms with Crippen molar-refractivity contribution in [1.82, 2.24) is 9.80 Å². The van der Waals surface area contributed by atoms with Crippen molar-refractivity contribution in [2.75, 3.05) is 13.1 Å². The summed E-state index contributed by atoms with van der Waals surface area (Å²) in [6.07, 6.45) is 2.82. The van der Waals surface area contributed by atoms with Crippen LogP contribution in [-0.4, -0.2) is 46.6 Å². The first kappa shape index (κ1) is 11.4. The molecule has 2 aliphatic rings. The largest absolute Gasteiger partial charge is 0.298 e. The van der Waals surface area contributed by atoms with Gasteiger partial charge in [0.25, 0.3) is 0 Å². The van der Waals surface area contributed by atoms with Crippen molar-refractivity contribution in [2.24, 2.45) is 0 Å². The summed E-state index contributed by atoms with van der Waals surface area (Å²) in [4.78, 5) is 5.43. The lowest BCUT2D eigenvalue weighted by Crippen LogP contribution is -2.60. The highest BCUT2D eigenvalue weighted by molar-refractivity contribution is 5.01. The fraction of sp³-hybridized carbons (Fsp3) is 1.00. The van der Waals surface area contributed by atoms with Crippen molar-refractivity contribution >= 4 is 0 Å². The highest BCUT2D eigenvalue weighted by Crippen LogP contribution is 2.36. The minimum Gasteiger partial charge on any atom is -0.298 e. The molecule has 0 aliphatic carbocycles. The van der Waals surface area contributed by atoms with Crippen molar-refractivity contribution in [3.63, 3.8) is 0 Å². The van der Waals surface area contributed by atoms with Crippen LogP contribution in [0.4, 0.5) is 0 Å². The van der Waals surface area contributed by atoms with Crippen LogP contribution in [-0.2, 0) is 0 Å². The van der Waals surface area contributed by atoms with Crippen molar-refractivity contribution < 1.29 is 0 Å². The molecule has 88 valence electrons. The normalized spacial score (nSPS) is 34.0. The molecule has 0 radical (unpaired) electrons. The minimum atomic E-state index is 0.356. The van der Waals surface area contributed by atoms with Crippen LogP contribution in [0.2, 0.25) is 0 Å². The van der Waals surface area contributed by atoms with Crippen molar-refractivity contribution in [3.8, 4) is 0 Å². The van der Waals surface area contributed by atoms with Crippen LogP contribution in [0, 0.1) is 0 Å². The zero-order valence-corrected chi connectivity index (χ0v) is 11.0. The van der Waals surface area contributed by atoms with Gasteiger partial charge in [0, 0.05) is 36.8 Å². The summed E-state index contributed by atoms with van der Waals surface area (Å²) in [5.74, 6) is 0. The van der Waals surface area contributed by atoms with E-state index in [9.17, 15) is 0 Å².